The third-order valence-electron chi connectivity index (χ3n) is 6.34. The van der Waals surface area contributed by atoms with Crippen LogP contribution in [0.2, 0.25) is 5.02 Å². The molecule has 0 saturated carbocycles. The quantitative estimate of drug-likeness (QED) is 0.331. The Hall–Kier alpha value is -4.59. The smallest absolute Gasteiger partial charge is 0.275 e. The number of nitrogens with one attached hydrogen (secondary N) is 1. The Bertz CT molecular complexity index is 1610. The lowest BCUT2D eigenvalue weighted by Crippen LogP contribution is -2.26. The number of halogens is 4. The fourth-order valence-corrected chi connectivity index (χ4v) is 4.42. The summed E-state index contributed by atoms with van der Waals surface area (Å²) < 4.78 is 43.2. The van der Waals surface area contributed by atoms with Crippen molar-refractivity contribution in [2.45, 2.75) is 32.2 Å². The minimum Gasteiger partial charge on any atom is -0.383 e. The van der Waals surface area contributed by atoms with Gasteiger partial charge in [-0.3, -0.25) is 24.2 Å². The normalized spacial score (nSPS) is 14.2. The van der Waals surface area contributed by atoms with Gasteiger partial charge in [-0.1, -0.05) is 17.7 Å². The van der Waals surface area contributed by atoms with Crippen LogP contribution in [0.25, 0.3) is 11.3 Å². The van der Waals surface area contributed by atoms with Gasteiger partial charge in [-0.2, -0.15) is 10.1 Å². The van der Waals surface area contributed by atoms with Gasteiger partial charge in [-0.25, -0.2) is 23.1 Å². The van der Waals surface area contributed by atoms with E-state index in [2.05, 4.69) is 30.4 Å². The number of alkyl halides is 2. The van der Waals surface area contributed by atoms with E-state index in [1.165, 1.54) is 28.2 Å². The molecule has 1 aliphatic heterocycles. The summed E-state index contributed by atoms with van der Waals surface area (Å²) in [6, 6.07) is 1.58. The van der Waals surface area contributed by atoms with Crippen LogP contribution < -0.4 is 16.0 Å². The Morgan fingerprint density at radius 3 is 2.65 bits per heavy atom. The number of amides is 2. The monoisotopic (exact) mass is 571 g/mol. The van der Waals surface area contributed by atoms with Crippen LogP contribution in [0.15, 0.2) is 43.1 Å². The molecule has 4 aromatic rings. The van der Waals surface area contributed by atoms with Crippen LogP contribution in [0.5, 0.6) is 0 Å². The number of nitrogen functional groups attached to an aromatic ring is 1. The Kier molecular flexibility index (Phi) is 7.34. The molecule has 4 heterocycles. The van der Waals surface area contributed by atoms with Gasteiger partial charge in [0, 0.05) is 42.0 Å². The fraction of sp³-hybridized carbons (Fsp3) is 0.240. The largest absolute Gasteiger partial charge is 0.383 e. The van der Waals surface area contributed by atoms with E-state index in [1.807, 2.05) is 0 Å². The van der Waals surface area contributed by atoms with E-state index >= 15 is 0 Å². The minimum atomic E-state index is -3.01. The Morgan fingerprint density at radius 2 is 1.95 bits per heavy atom. The second-order valence-corrected chi connectivity index (χ2v) is 9.32. The summed E-state index contributed by atoms with van der Waals surface area (Å²) in [5.41, 5.74) is 5.29. The first-order chi connectivity index (χ1) is 19.1. The van der Waals surface area contributed by atoms with Gasteiger partial charge in [-0.05, 0) is 19.4 Å². The maximum absolute atomic E-state index is 14.7. The van der Waals surface area contributed by atoms with Gasteiger partial charge in [0.2, 0.25) is 11.9 Å². The maximum atomic E-state index is 14.7. The summed E-state index contributed by atoms with van der Waals surface area (Å²) in [5, 5.41) is 6.47. The van der Waals surface area contributed by atoms with Gasteiger partial charge in [0.1, 0.15) is 11.5 Å². The second-order valence-electron chi connectivity index (χ2n) is 8.91. The van der Waals surface area contributed by atoms with Crippen molar-refractivity contribution in [3.05, 3.63) is 70.8 Å². The molecule has 206 valence electrons. The zero-order chi connectivity index (χ0) is 28.6. The number of aromatic nitrogens is 6. The van der Waals surface area contributed by atoms with E-state index in [1.54, 1.807) is 6.92 Å². The van der Waals surface area contributed by atoms with Crippen molar-refractivity contribution in [2.75, 3.05) is 22.5 Å². The summed E-state index contributed by atoms with van der Waals surface area (Å²) in [4.78, 5) is 42.8. The number of hydrogen-bond acceptors (Lipinski definition) is 8. The molecule has 0 aliphatic carbocycles. The zero-order valence-corrected chi connectivity index (χ0v) is 21.6. The molecule has 1 fully saturated rings. The van der Waals surface area contributed by atoms with Gasteiger partial charge in [0.05, 0.1) is 41.0 Å². The van der Waals surface area contributed by atoms with Crippen molar-refractivity contribution in [1.82, 2.24) is 29.7 Å². The van der Waals surface area contributed by atoms with Gasteiger partial charge >= 0.3 is 0 Å². The first-order valence-electron chi connectivity index (χ1n) is 12.0. The van der Waals surface area contributed by atoms with E-state index in [-0.39, 0.29) is 39.8 Å². The number of benzene rings is 1. The Balaban J connectivity index is 1.34. The van der Waals surface area contributed by atoms with Crippen LogP contribution in [0, 0.1) is 5.82 Å². The lowest BCUT2D eigenvalue weighted by molar-refractivity contribution is -0.117. The predicted molar refractivity (Wildman–Crippen MR) is 139 cm³/mol. The highest BCUT2D eigenvalue weighted by Gasteiger charge is 2.26. The van der Waals surface area contributed by atoms with Crippen molar-refractivity contribution in [1.29, 1.82) is 0 Å². The van der Waals surface area contributed by atoms with Gasteiger partial charge in [-0.15, -0.1) is 0 Å². The molecule has 11 nitrogen and oxygen atoms in total. The molecule has 3 N–H and O–H groups in total. The van der Waals surface area contributed by atoms with Gasteiger partial charge in [0.25, 0.3) is 12.3 Å². The number of nitrogens with zero attached hydrogens (tertiary/aromatic N) is 7. The summed E-state index contributed by atoms with van der Waals surface area (Å²) in [7, 11) is 0. The molecule has 1 atom stereocenters. The first kappa shape index (κ1) is 27.0. The molecule has 5 rings (SSSR count). The van der Waals surface area contributed by atoms with Crippen molar-refractivity contribution >= 4 is 40.9 Å². The zero-order valence-electron chi connectivity index (χ0n) is 20.9. The van der Waals surface area contributed by atoms with Crippen LogP contribution in [-0.4, -0.2) is 48.1 Å². The number of anilines is 3. The molecule has 3 aromatic heterocycles. The molecule has 0 radical (unpaired) electrons. The minimum absolute atomic E-state index is 0.0601. The molecule has 0 bridgehead atoms. The standard InChI is InChI=1S/C25H21ClF3N9O2/c1-12(15-8-32-25(36-23(15)30)37-6-2-3-19(37)39)38-11-13(7-33-38)34-24(40)18-10-31-9-17(35-18)20-14(22(28)29)4-5-16(26)21(20)27/h4-5,7-12,22H,2-3,6H2,1H3,(H,34,40)(H2,30,32,36). The van der Waals surface area contributed by atoms with Crippen molar-refractivity contribution in [3.8, 4) is 11.3 Å². The summed E-state index contributed by atoms with van der Waals surface area (Å²) in [6.07, 6.45) is 4.77. The number of rotatable bonds is 7. The van der Waals surface area contributed by atoms with E-state index in [9.17, 15) is 22.8 Å². The van der Waals surface area contributed by atoms with Crippen LogP contribution in [0.4, 0.5) is 30.6 Å². The molecule has 15 heteroatoms. The third kappa shape index (κ3) is 5.17. The molecule has 1 unspecified atom stereocenters. The van der Waals surface area contributed by atoms with Gasteiger partial charge < -0.3 is 11.1 Å². The van der Waals surface area contributed by atoms with Crippen molar-refractivity contribution in [2.24, 2.45) is 0 Å². The first-order valence-corrected chi connectivity index (χ1v) is 12.4. The highest BCUT2D eigenvalue weighted by atomic mass is 35.5. The fourth-order valence-electron chi connectivity index (χ4n) is 4.26. The number of hydrogen-bond donors (Lipinski definition) is 2. The number of carbonyl (C=O) groups is 2. The SMILES string of the molecule is CC(c1cnc(N2CCCC2=O)nc1N)n1cc(NC(=O)c2cncc(-c3c(C(F)F)ccc(Cl)c3F)n2)cn1. The molecule has 1 aliphatic rings. The van der Waals surface area contributed by atoms with E-state index in [0.29, 0.717) is 18.5 Å². The van der Waals surface area contributed by atoms with Crippen molar-refractivity contribution < 1.29 is 22.8 Å². The van der Waals surface area contributed by atoms with Crippen LogP contribution in [0.3, 0.4) is 0 Å². The summed E-state index contributed by atoms with van der Waals surface area (Å²) in [5.74, 6) is -1.46. The highest BCUT2D eigenvalue weighted by Crippen LogP contribution is 2.35. The van der Waals surface area contributed by atoms with Crippen LogP contribution in [-0.2, 0) is 4.79 Å². The van der Waals surface area contributed by atoms with E-state index in [0.717, 1.165) is 30.9 Å². The lowest BCUT2D eigenvalue weighted by Gasteiger charge is -2.17. The third-order valence-corrected chi connectivity index (χ3v) is 6.63. The van der Waals surface area contributed by atoms with Crippen LogP contribution in [0.1, 0.15) is 53.8 Å². The highest BCUT2D eigenvalue weighted by molar-refractivity contribution is 6.31. The van der Waals surface area contributed by atoms with Gasteiger partial charge in [0.15, 0.2) is 5.82 Å². The lowest BCUT2D eigenvalue weighted by atomic mass is 10.0. The maximum Gasteiger partial charge on any atom is 0.275 e. The number of carbonyl (C=O) groups excluding carboxylic acids is 2. The van der Waals surface area contributed by atoms with Crippen LogP contribution >= 0.6 is 11.6 Å². The average Bonchev–Trinajstić information content (AvgIpc) is 3.58. The predicted octanol–water partition coefficient (Wildman–Crippen LogP) is 4.43. The molecule has 1 saturated heterocycles. The molecular formula is C25H21ClF3N9O2. The topological polar surface area (TPSA) is 145 Å². The Morgan fingerprint density at radius 1 is 1.15 bits per heavy atom. The molecular weight excluding hydrogens is 551 g/mol. The molecule has 2 amide bonds. The summed E-state index contributed by atoms with van der Waals surface area (Å²) >= 11 is 5.79. The molecule has 40 heavy (non-hydrogen) atoms. The molecule has 0 spiro atoms. The van der Waals surface area contributed by atoms with Crippen molar-refractivity contribution in [3.63, 3.8) is 0 Å². The van der Waals surface area contributed by atoms with E-state index < -0.39 is 35.3 Å². The second kappa shape index (κ2) is 10.9. The summed E-state index contributed by atoms with van der Waals surface area (Å²) in [6.45, 7) is 2.33. The van der Waals surface area contributed by atoms with E-state index in [4.69, 9.17) is 17.3 Å². The molecule has 1 aromatic carbocycles. The average molecular weight is 572 g/mol. The Labute approximate surface area is 230 Å². The number of nitrogens with two attached hydrogens (primary N) is 1.